The summed E-state index contributed by atoms with van der Waals surface area (Å²) in [5, 5.41) is 0. The molecular weight excluding hydrogens is 459 g/mol. The fourth-order valence-corrected chi connectivity index (χ4v) is 4.96. The zero-order chi connectivity index (χ0) is 22.7. The van der Waals surface area contributed by atoms with Crippen molar-refractivity contribution in [3.63, 3.8) is 0 Å². The van der Waals surface area contributed by atoms with Crippen LogP contribution in [0.25, 0.3) is 6.08 Å². The number of carbonyl (C=O) groups is 1. The maximum absolute atomic E-state index is 14.9. The van der Waals surface area contributed by atoms with Crippen molar-refractivity contribution in [2.24, 2.45) is 0 Å². The van der Waals surface area contributed by atoms with E-state index in [-0.39, 0.29) is 17.3 Å². The van der Waals surface area contributed by atoms with Crippen LogP contribution in [-0.2, 0) is 4.74 Å². The van der Waals surface area contributed by atoms with Gasteiger partial charge >= 0.3 is 5.97 Å². The van der Waals surface area contributed by atoms with Crippen LogP contribution in [0.15, 0.2) is 34.4 Å². The number of methoxy groups -OCH3 is 1. The maximum Gasteiger partial charge on any atom is 0.337 e. The van der Waals surface area contributed by atoms with Crippen LogP contribution >= 0.6 is 15.9 Å². The molecule has 4 nitrogen and oxygen atoms in total. The van der Waals surface area contributed by atoms with Crippen molar-refractivity contribution in [1.82, 2.24) is 9.88 Å². The Morgan fingerprint density at radius 3 is 2.58 bits per heavy atom. The molecule has 1 aromatic carbocycles. The van der Waals surface area contributed by atoms with Crippen molar-refractivity contribution >= 4 is 28.0 Å². The predicted octanol–water partition coefficient (Wildman–Crippen LogP) is 6.06. The lowest BCUT2D eigenvalue weighted by Crippen LogP contribution is -2.40. The molecule has 3 rings (SSSR count). The van der Waals surface area contributed by atoms with Crippen LogP contribution in [0.2, 0.25) is 0 Å². The number of nitrogens with zero attached hydrogens (tertiary/aromatic N) is 2. The van der Waals surface area contributed by atoms with Gasteiger partial charge < -0.3 is 4.74 Å². The van der Waals surface area contributed by atoms with Crippen LogP contribution in [0.5, 0.6) is 0 Å². The van der Waals surface area contributed by atoms with Gasteiger partial charge in [0.15, 0.2) is 0 Å². The lowest BCUT2D eigenvalue weighted by atomic mass is 9.85. The van der Waals surface area contributed by atoms with Gasteiger partial charge in [-0.1, -0.05) is 27.6 Å². The summed E-state index contributed by atoms with van der Waals surface area (Å²) in [5.74, 6) is -0.649. The first-order valence-corrected chi connectivity index (χ1v) is 11.4. The SMILES string of the molecule is COC(=O)c1cc(C)c(C2CCN(C(C)/C(C)=C/c3c(Br)ccnc3C)CC2)c(F)c1. The first-order valence-electron chi connectivity index (χ1n) is 10.6. The lowest BCUT2D eigenvalue weighted by Gasteiger charge is -2.37. The zero-order valence-electron chi connectivity index (χ0n) is 18.8. The van der Waals surface area contributed by atoms with E-state index < -0.39 is 5.97 Å². The molecule has 0 saturated carbocycles. The van der Waals surface area contributed by atoms with E-state index in [1.807, 2.05) is 19.9 Å². The fourth-order valence-electron chi connectivity index (χ4n) is 4.44. The van der Waals surface area contributed by atoms with E-state index in [2.05, 4.69) is 45.7 Å². The molecule has 2 heterocycles. The molecule has 1 aromatic heterocycles. The van der Waals surface area contributed by atoms with Gasteiger partial charge in [-0.3, -0.25) is 9.88 Å². The van der Waals surface area contributed by atoms with E-state index in [1.165, 1.54) is 18.7 Å². The van der Waals surface area contributed by atoms with Crippen LogP contribution in [0.4, 0.5) is 4.39 Å². The number of piperidine rings is 1. The Bertz CT molecular complexity index is 954. The van der Waals surface area contributed by atoms with E-state index in [9.17, 15) is 9.18 Å². The minimum atomic E-state index is -0.505. The quantitative estimate of drug-likeness (QED) is 0.479. The number of likely N-dealkylation sites (tertiary alicyclic amines) is 1. The summed E-state index contributed by atoms with van der Waals surface area (Å²) >= 11 is 3.62. The third-order valence-electron chi connectivity index (χ3n) is 6.41. The second-order valence-electron chi connectivity index (χ2n) is 8.35. The van der Waals surface area contributed by atoms with Crippen LogP contribution in [0, 0.1) is 19.7 Å². The number of benzene rings is 1. The number of pyridine rings is 1. The van der Waals surface area contributed by atoms with Crippen molar-refractivity contribution in [3.05, 3.63) is 68.2 Å². The number of hydrogen-bond donors (Lipinski definition) is 0. The summed E-state index contributed by atoms with van der Waals surface area (Å²) < 4.78 is 20.6. The smallest absolute Gasteiger partial charge is 0.337 e. The Morgan fingerprint density at radius 1 is 1.32 bits per heavy atom. The summed E-state index contributed by atoms with van der Waals surface area (Å²) in [5.41, 5.74) is 5.22. The molecule has 31 heavy (non-hydrogen) atoms. The molecule has 0 bridgehead atoms. The molecule has 0 amide bonds. The highest BCUT2D eigenvalue weighted by atomic mass is 79.9. The summed E-state index contributed by atoms with van der Waals surface area (Å²) in [6, 6.07) is 5.30. The topological polar surface area (TPSA) is 42.4 Å². The highest BCUT2D eigenvalue weighted by molar-refractivity contribution is 9.10. The van der Waals surface area contributed by atoms with Crippen molar-refractivity contribution in [3.8, 4) is 0 Å². The molecule has 0 radical (unpaired) electrons. The number of hydrogen-bond acceptors (Lipinski definition) is 4. The Morgan fingerprint density at radius 2 is 2.00 bits per heavy atom. The molecule has 2 aromatic rings. The van der Waals surface area contributed by atoms with Gasteiger partial charge in [-0.05, 0) is 88.9 Å². The standard InChI is InChI=1S/C25H30BrFN2O2/c1-15(13-21-17(3)28-9-6-22(21)26)18(4)29-10-7-19(8-11-29)24-16(2)12-20(14-23(24)27)25(30)31-5/h6,9,12-14,18-19H,7-8,10-11H2,1-5H3/b15-13+. The van der Waals surface area contributed by atoms with Gasteiger partial charge in [0, 0.05) is 28.0 Å². The van der Waals surface area contributed by atoms with E-state index in [0.29, 0.717) is 6.04 Å². The van der Waals surface area contributed by atoms with Gasteiger partial charge in [0.25, 0.3) is 0 Å². The zero-order valence-corrected chi connectivity index (χ0v) is 20.4. The van der Waals surface area contributed by atoms with Crippen LogP contribution in [-0.4, -0.2) is 42.1 Å². The molecule has 166 valence electrons. The molecule has 6 heteroatoms. The average molecular weight is 489 g/mol. The lowest BCUT2D eigenvalue weighted by molar-refractivity contribution is 0.0600. The van der Waals surface area contributed by atoms with Crippen molar-refractivity contribution in [2.75, 3.05) is 20.2 Å². The molecular formula is C25H30BrFN2O2. The van der Waals surface area contributed by atoms with Crippen molar-refractivity contribution in [1.29, 1.82) is 0 Å². The van der Waals surface area contributed by atoms with Gasteiger partial charge in [0.1, 0.15) is 5.82 Å². The molecule has 1 saturated heterocycles. The Balaban J connectivity index is 1.71. The normalized spacial score (nSPS) is 16.9. The summed E-state index contributed by atoms with van der Waals surface area (Å²) in [7, 11) is 1.31. The minimum Gasteiger partial charge on any atom is -0.465 e. The first kappa shape index (κ1) is 23.6. The Labute approximate surface area is 192 Å². The number of esters is 1. The molecule has 1 aliphatic rings. The average Bonchev–Trinajstić information content (AvgIpc) is 2.75. The van der Waals surface area contributed by atoms with E-state index >= 15 is 0 Å². The van der Waals surface area contributed by atoms with E-state index in [4.69, 9.17) is 4.74 Å². The predicted molar refractivity (Wildman–Crippen MR) is 126 cm³/mol. The van der Waals surface area contributed by atoms with Crippen molar-refractivity contribution < 1.29 is 13.9 Å². The number of aromatic nitrogens is 1. The molecule has 0 N–H and O–H groups in total. The molecule has 0 aliphatic carbocycles. The van der Waals surface area contributed by atoms with Crippen LogP contribution < -0.4 is 0 Å². The summed E-state index contributed by atoms with van der Waals surface area (Å²) in [4.78, 5) is 18.6. The number of carbonyl (C=O) groups excluding carboxylic acids is 1. The summed E-state index contributed by atoms with van der Waals surface area (Å²) in [6.07, 6.45) is 5.79. The van der Waals surface area contributed by atoms with Crippen LogP contribution in [0.1, 0.15) is 65.3 Å². The Kier molecular flexibility index (Phi) is 7.65. The van der Waals surface area contributed by atoms with E-state index in [0.717, 1.165) is 52.8 Å². The second kappa shape index (κ2) is 10.0. The third-order valence-corrected chi connectivity index (χ3v) is 7.10. The van der Waals surface area contributed by atoms with E-state index in [1.54, 1.807) is 12.3 Å². The number of ether oxygens (including phenoxy) is 1. The number of rotatable bonds is 5. The molecule has 1 fully saturated rings. The highest BCUT2D eigenvalue weighted by Crippen LogP contribution is 2.34. The number of halogens is 2. The largest absolute Gasteiger partial charge is 0.465 e. The highest BCUT2D eigenvalue weighted by Gasteiger charge is 2.28. The monoisotopic (exact) mass is 488 g/mol. The fraction of sp³-hybridized carbons (Fsp3) is 0.440. The second-order valence-corrected chi connectivity index (χ2v) is 9.20. The van der Waals surface area contributed by atoms with Crippen molar-refractivity contribution in [2.45, 2.75) is 52.5 Å². The molecule has 1 aliphatic heterocycles. The van der Waals surface area contributed by atoms with Gasteiger partial charge in [-0.2, -0.15) is 0 Å². The maximum atomic E-state index is 14.9. The molecule has 1 atom stereocenters. The summed E-state index contributed by atoms with van der Waals surface area (Å²) in [6.45, 7) is 10.1. The molecule has 1 unspecified atom stereocenters. The van der Waals surface area contributed by atoms with Crippen LogP contribution in [0.3, 0.4) is 0 Å². The van der Waals surface area contributed by atoms with Gasteiger partial charge in [0.05, 0.1) is 12.7 Å². The molecule has 0 spiro atoms. The van der Waals surface area contributed by atoms with Gasteiger partial charge in [0.2, 0.25) is 0 Å². The van der Waals surface area contributed by atoms with Gasteiger partial charge in [-0.25, -0.2) is 9.18 Å². The first-order chi connectivity index (χ1) is 14.7. The van der Waals surface area contributed by atoms with Gasteiger partial charge in [-0.15, -0.1) is 0 Å². The number of aryl methyl sites for hydroxylation is 2. The third kappa shape index (κ3) is 5.24. The Hall–Kier alpha value is -2.05. The minimum absolute atomic E-state index is 0.161.